The maximum Gasteiger partial charge on any atom is 0.326 e. The van der Waals surface area contributed by atoms with Crippen LogP contribution in [0.1, 0.15) is 58.8 Å². The molecule has 3 aliphatic rings. The van der Waals surface area contributed by atoms with E-state index in [1.54, 1.807) is 0 Å². The van der Waals surface area contributed by atoms with Gasteiger partial charge in [0.05, 0.1) is 12.7 Å². The second-order valence-electron chi connectivity index (χ2n) is 7.67. The second-order valence-corrected chi connectivity index (χ2v) is 7.67. The number of carboxylic acids is 1. The number of aliphatic carboxylic acids is 1. The van der Waals surface area contributed by atoms with E-state index in [2.05, 4.69) is 19.2 Å². The molecule has 0 amide bonds. The SMILES string of the molecule is CC1CCC(OCC(NC2CC2)(C(=O)O)C2CC2)CC1C. The number of carboxylic acid groups (broad SMARTS) is 1. The van der Waals surface area contributed by atoms with Crippen LogP contribution in [0, 0.1) is 17.8 Å². The summed E-state index contributed by atoms with van der Waals surface area (Å²) in [5, 5.41) is 13.2. The van der Waals surface area contributed by atoms with Gasteiger partial charge >= 0.3 is 5.97 Å². The Morgan fingerprint density at radius 2 is 1.86 bits per heavy atom. The molecule has 4 atom stereocenters. The van der Waals surface area contributed by atoms with E-state index in [0.717, 1.165) is 44.4 Å². The molecule has 0 spiro atoms. The third-order valence-electron chi connectivity index (χ3n) is 5.79. The number of carbonyl (C=O) groups is 1. The van der Waals surface area contributed by atoms with Crippen LogP contribution < -0.4 is 5.32 Å². The molecular weight excluding hydrogens is 266 g/mol. The van der Waals surface area contributed by atoms with E-state index in [1.165, 1.54) is 6.42 Å². The molecule has 3 fully saturated rings. The summed E-state index contributed by atoms with van der Waals surface area (Å²) in [7, 11) is 0. The summed E-state index contributed by atoms with van der Waals surface area (Å²) >= 11 is 0. The monoisotopic (exact) mass is 295 g/mol. The molecule has 4 unspecified atom stereocenters. The molecule has 120 valence electrons. The lowest BCUT2D eigenvalue weighted by molar-refractivity contribution is -0.151. The zero-order chi connectivity index (χ0) is 15.0. The third-order valence-corrected chi connectivity index (χ3v) is 5.79. The van der Waals surface area contributed by atoms with Crippen LogP contribution in [0.5, 0.6) is 0 Å². The van der Waals surface area contributed by atoms with Crippen molar-refractivity contribution in [2.24, 2.45) is 17.8 Å². The van der Waals surface area contributed by atoms with Crippen LogP contribution in [0.4, 0.5) is 0 Å². The molecular formula is C17H29NO3. The Bertz CT molecular complexity index is 391. The Labute approximate surface area is 127 Å². The van der Waals surface area contributed by atoms with Crippen LogP contribution in [-0.2, 0) is 9.53 Å². The Hall–Kier alpha value is -0.610. The highest BCUT2D eigenvalue weighted by Crippen LogP contribution is 2.43. The molecule has 0 bridgehead atoms. The highest BCUT2D eigenvalue weighted by molar-refractivity contribution is 5.80. The van der Waals surface area contributed by atoms with E-state index >= 15 is 0 Å². The van der Waals surface area contributed by atoms with Crippen molar-refractivity contribution in [3.05, 3.63) is 0 Å². The molecule has 0 aromatic rings. The lowest BCUT2D eigenvalue weighted by Crippen LogP contribution is -2.59. The van der Waals surface area contributed by atoms with Gasteiger partial charge in [-0.3, -0.25) is 10.1 Å². The minimum atomic E-state index is -0.826. The van der Waals surface area contributed by atoms with Gasteiger partial charge in [-0.1, -0.05) is 13.8 Å². The van der Waals surface area contributed by atoms with Crippen LogP contribution in [0.15, 0.2) is 0 Å². The van der Waals surface area contributed by atoms with E-state index < -0.39 is 11.5 Å². The molecule has 0 heterocycles. The first kappa shape index (κ1) is 15.3. The highest BCUT2D eigenvalue weighted by atomic mass is 16.5. The van der Waals surface area contributed by atoms with E-state index in [4.69, 9.17) is 4.74 Å². The Morgan fingerprint density at radius 1 is 1.14 bits per heavy atom. The number of ether oxygens (including phenoxy) is 1. The molecule has 0 aromatic carbocycles. The van der Waals surface area contributed by atoms with E-state index in [0.29, 0.717) is 18.6 Å². The standard InChI is InChI=1S/C17H29NO3/c1-11-3-8-15(9-12(11)2)21-10-17(16(19)20,13-4-5-13)18-14-6-7-14/h11-15,18H,3-10H2,1-2H3,(H,19,20). The minimum Gasteiger partial charge on any atom is -0.480 e. The number of hydrogen-bond donors (Lipinski definition) is 2. The average Bonchev–Trinajstić information content (AvgIpc) is 3.31. The first-order valence-electron chi connectivity index (χ1n) is 8.64. The molecule has 0 aliphatic heterocycles. The largest absolute Gasteiger partial charge is 0.480 e. The van der Waals surface area contributed by atoms with Gasteiger partial charge in [-0.15, -0.1) is 0 Å². The quantitative estimate of drug-likeness (QED) is 0.758. The molecule has 21 heavy (non-hydrogen) atoms. The van der Waals surface area contributed by atoms with Crippen LogP contribution in [0.3, 0.4) is 0 Å². The predicted octanol–water partition coefficient (Wildman–Crippen LogP) is 2.81. The molecule has 4 nitrogen and oxygen atoms in total. The van der Waals surface area contributed by atoms with Crippen molar-refractivity contribution in [2.75, 3.05) is 6.61 Å². The molecule has 0 radical (unpaired) electrons. The minimum absolute atomic E-state index is 0.245. The van der Waals surface area contributed by atoms with Crippen molar-refractivity contribution in [3.8, 4) is 0 Å². The van der Waals surface area contributed by atoms with E-state index in [-0.39, 0.29) is 12.0 Å². The molecule has 2 N–H and O–H groups in total. The van der Waals surface area contributed by atoms with Crippen LogP contribution in [0.25, 0.3) is 0 Å². The number of hydrogen-bond acceptors (Lipinski definition) is 3. The van der Waals surface area contributed by atoms with Gasteiger partial charge < -0.3 is 9.84 Å². The Balaban J connectivity index is 1.60. The molecule has 3 rings (SSSR count). The lowest BCUT2D eigenvalue weighted by Gasteiger charge is -2.36. The smallest absolute Gasteiger partial charge is 0.326 e. The third kappa shape index (κ3) is 3.42. The summed E-state index contributed by atoms with van der Waals surface area (Å²) in [5.74, 6) is 0.993. The number of nitrogens with one attached hydrogen (secondary N) is 1. The van der Waals surface area contributed by atoms with Crippen LogP contribution >= 0.6 is 0 Å². The van der Waals surface area contributed by atoms with Crippen molar-refractivity contribution in [1.82, 2.24) is 5.32 Å². The van der Waals surface area contributed by atoms with E-state index in [1.807, 2.05) is 0 Å². The van der Waals surface area contributed by atoms with Gasteiger partial charge in [-0.05, 0) is 62.7 Å². The van der Waals surface area contributed by atoms with Crippen molar-refractivity contribution < 1.29 is 14.6 Å². The summed E-state index contributed by atoms with van der Waals surface area (Å²) in [6.07, 6.45) is 7.86. The fourth-order valence-corrected chi connectivity index (χ4v) is 3.64. The van der Waals surface area contributed by atoms with Gasteiger partial charge in [0.15, 0.2) is 0 Å². The van der Waals surface area contributed by atoms with Gasteiger partial charge in [0.2, 0.25) is 0 Å². The van der Waals surface area contributed by atoms with Gasteiger partial charge in [0.25, 0.3) is 0 Å². The summed E-state index contributed by atoms with van der Waals surface area (Å²) in [6, 6.07) is 0.399. The topological polar surface area (TPSA) is 58.6 Å². The van der Waals surface area contributed by atoms with Gasteiger partial charge in [-0.25, -0.2) is 0 Å². The first-order valence-corrected chi connectivity index (χ1v) is 8.64. The molecule has 3 saturated carbocycles. The van der Waals surface area contributed by atoms with Gasteiger partial charge in [-0.2, -0.15) is 0 Å². The summed E-state index contributed by atoms with van der Waals surface area (Å²) in [6.45, 7) is 4.94. The van der Waals surface area contributed by atoms with Crippen LogP contribution in [-0.4, -0.2) is 35.4 Å². The highest BCUT2D eigenvalue weighted by Gasteiger charge is 2.53. The van der Waals surface area contributed by atoms with Gasteiger partial charge in [0.1, 0.15) is 5.54 Å². The summed E-state index contributed by atoms with van der Waals surface area (Å²) in [5.41, 5.74) is -0.826. The fourth-order valence-electron chi connectivity index (χ4n) is 3.64. The average molecular weight is 295 g/mol. The van der Waals surface area contributed by atoms with Crippen molar-refractivity contribution in [2.45, 2.75) is 76.5 Å². The van der Waals surface area contributed by atoms with Crippen LogP contribution in [0.2, 0.25) is 0 Å². The molecule has 3 aliphatic carbocycles. The molecule has 0 saturated heterocycles. The zero-order valence-corrected chi connectivity index (χ0v) is 13.3. The Morgan fingerprint density at radius 3 is 2.38 bits per heavy atom. The predicted molar refractivity (Wildman–Crippen MR) is 81.2 cm³/mol. The summed E-state index contributed by atoms with van der Waals surface area (Å²) in [4.78, 5) is 11.9. The van der Waals surface area contributed by atoms with Crippen molar-refractivity contribution in [3.63, 3.8) is 0 Å². The maximum atomic E-state index is 11.9. The van der Waals surface area contributed by atoms with Gasteiger partial charge in [0, 0.05) is 6.04 Å². The number of rotatable bonds is 7. The summed E-state index contributed by atoms with van der Waals surface area (Å²) < 4.78 is 6.12. The molecule has 4 heteroatoms. The Kier molecular flexibility index (Phi) is 4.28. The normalized spacial score (nSPS) is 36.2. The van der Waals surface area contributed by atoms with Crippen molar-refractivity contribution in [1.29, 1.82) is 0 Å². The van der Waals surface area contributed by atoms with Crippen molar-refractivity contribution >= 4 is 5.97 Å². The lowest BCUT2D eigenvalue weighted by atomic mass is 9.80. The fraction of sp³-hybridized carbons (Fsp3) is 0.941. The zero-order valence-electron chi connectivity index (χ0n) is 13.3. The van der Waals surface area contributed by atoms with E-state index in [9.17, 15) is 9.90 Å². The molecule has 0 aromatic heterocycles. The second kappa shape index (κ2) is 5.88. The first-order chi connectivity index (χ1) is 10.0. The maximum absolute atomic E-state index is 11.9.